The Balaban J connectivity index is 0.000000158. The molecule has 38 heavy (non-hydrogen) atoms. The van der Waals surface area contributed by atoms with E-state index in [0.717, 1.165) is 28.5 Å². The van der Waals surface area contributed by atoms with Crippen LogP contribution in [0.1, 0.15) is 11.1 Å². The summed E-state index contributed by atoms with van der Waals surface area (Å²) in [4.78, 5) is 12.6. The molecule has 8 nitrogen and oxygen atoms in total. The van der Waals surface area contributed by atoms with Crippen LogP contribution in [0.2, 0.25) is 0 Å². The zero-order chi connectivity index (χ0) is 25.7. The van der Waals surface area contributed by atoms with E-state index >= 15 is 0 Å². The van der Waals surface area contributed by atoms with Gasteiger partial charge in [-0.15, -0.1) is 35.4 Å². The molecule has 1 aromatic carbocycles. The van der Waals surface area contributed by atoms with Crippen LogP contribution in [0.4, 0.5) is 0 Å². The first-order valence-electron chi connectivity index (χ1n) is 11.7. The Bertz CT molecular complexity index is 1390. The number of benzene rings is 1. The smallest absolute Gasteiger partial charge is 0.328 e. The minimum Gasteiger partial charge on any atom is -0.328 e. The number of aryl methyl sites for hydroxylation is 1. The molecule has 191 valence electrons. The average Bonchev–Trinajstić information content (AvgIpc) is 3.70. The van der Waals surface area contributed by atoms with Crippen molar-refractivity contribution in [2.24, 2.45) is 5.73 Å². The maximum Gasteiger partial charge on any atom is 1.00 e. The first-order chi connectivity index (χ1) is 18.2. The maximum absolute atomic E-state index is 5.59. The summed E-state index contributed by atoms with van der Waals surface area (Å²) in [5.41, 5.74) is 9.85. The second kappa shape index (κ2) is 15.1. The van der Waals surface area contributed by atoms with Crippen LogP contribution in [0.25, 0.3) is 22.9 Å². The second-order valence-electron chi connectivity index (χ2n) is 7.81. The minimum atomic E-state index is 0. The zero-order valence-corrected chi connectivity index (χ0v) is 23.4. The minimum absolute atomic E-state index is 0. The van der Waals surface area contributed by atoms with Gasteiger partial charge in [0.05, 0.1) is 0 Å². The molecule has 0 fully saturated rings. The fraction of sp³-hybridized carbons (Fsp3) is 0.0690. The molecule has 9 heteroatoms. The van der Waals surface area contributed by atoms with Gasteiger partial charge < -0.3 is 10.7 Å². The fourth-order valence-corrected chi connectivity index (χ4v) is 3.26. The fourth-order valence-electron chi connectivity index (χ4n) is 3.26. The monoisotopic (exact) mass is 679 g/mol. The van der Waals surface area contributed by atoms with Crippen LogP contribution in [0.3, 0.4) is 0 Å². The number of rotatable bonds is 4. The van der Waals surface area contributed by atoms with E-state index in [2.05, 4.69) is 38.1 Å². The Hall–Kier alpha value is -4.31. The van der Waals surface area contributed by atoms with Crippen molar-refractivity contribution in [1.82, 2.24) is 34.5 Å². The van der Waals surface area contributed by atoms with E-state index < -0.39 is 0 Å². The van der Waals surface area contributed by atoms with E-state index in [1.807, 2.05) is 97.5 Å². The van der Waals surface area contributed by atoms with Crippen molar-refractivity contribution in [2.75, 3.05) is 0 Å². The molecule has 5 heterocycles. The van der Waals surface area contributed by atoms with E-state index in [1.54, 1.807) is 34.2 Å². The van der Waals surface area contributed by atoms with Crippen LogP contribution >= 0.6 is 0 Å². The molecule has 6 rings (SSSR count). The Kier molecular flexibility index (Phi) is 11.2. The molecule has 0 spiro atoms. The van der Waals surface area contributed by atoms with E-state index in [0.29, 0.717) is 6.54 Å². The molecule has 0 unspecified atom stereocenters. The van der Waals surface area contributed by atoms with Crippen molar-refractivity contribution in [1.29, 1.82) is 0 Å². The summed E-state index contributed by atoms with van der Waals surface area (Å²) in [6, 6.07) is 28.3. The summed E-state index contributed by atoms with van der Waals surface area (Å²) >= 11 is 0. The van der Waals surface area contributed by atoms with E-state index in [9.17, 15) is 0 Å². The third-order valence-electron chi connectivity index (χ3n) is 5.07. The molecule has 5 aromatic heterocycles. The van der Waals surface area contributed by atoms with Gasteiger partial charge in [0.1, 0.15) is 0 Å². The van der Waals surface area contributed by atoms with Crippen molar-refractivity contribution in [2.45, 2.75) is 13.5 Å². The summed E-state index contributed by atoms with van der Waals surface area (Å²) in [7, 11) is 0. The molecular weight excluding hydrogens is 651 g/mol. The summed E-state index contributed by atoms with van der Waals surface area (Å²) in [6.07, 6.45) is 12.5. The summed E-state index contributed by atoms with van der Waals surface area (Å²) < 4.78 is 3.44. The van der Waals surface area contributed by atoms with Gasteiger partial charge in [-0.25, -0.2) is 19.3 Å². The van der Waals surface area contributed by atoms with Crippen LogP contribution < -0.4 is 5.73 Å². The van der Waals surface area contributed by atoms with Crippen LogP contribution in [0, 0.1) is 13.0 Å². The van der Waals surface area contributed by atoms with E-state index in [1.165, 1.54) is 5.56 Å². The molecule has 0 amide bonds. The molecular formula is C29H27N8Os. The first kappa shape index (κ1) is 28.3. The SMILES string of the molecule is Cc1ccnc(-c2[c-]ccc(CN)c2)c1.[Os+].c1ccc(-n2cccn2)nc1.c1ccc(-n2cccn2)nc1. The molecule has 0 bridgehead atoms. The normalized spacial score (nSPS) is 9.74. The standard InChI is InChI=1S/C13H13N2.2C8H7N3.Os/c1-10-5-6-15-13(7-10)12-4-2-3-11(8-12)9-14;2*1-2-5-9-8(4-1)11-7-3-6-10-11;/h2-3,5-8H,9,14H2,1H3;2*1-7H;/q-1;;;+1. The van der Waals surface area contributed by atoms with Crippen LogP contribution in [-0.2, 0) is 26.3 Å². The quantitative estimate of drug-likeness (QED) is 0.268. The molecule has 0 aliphatic rings. The first-order valence-corrected chi connectivity index (χ1v) is 11.7. The van der Waals surface area contributed by atoms with Gasteiger partial charge in [0.15, 0.2) is 11.6 Å². The Morgan fingerprint density at radius 1 is 0.711 bits per heavy atom. The van der Waals surface area contributed by atoms with Crippen LogP contribution in [0.15, 0.2) is 122 Å². The molecule has 0 atom stereocenters. The summed E-state index contributed by atoms with van der Waals surface area (Å²) in [5, 5.41) is 8.08. The zero-order valence-electron chi connectivity index (χ0n) is 20.8. The molecule has 0 saturated carbocycles. The predicted octanol–water partition coefficient (Wildman–Crippen LogP) is 4.85. The Labute approximate surface area is 235 Å². The topological polar surface area (TPSA) is 100 Å². The van der Waals surface area contributed by atoms with Gasteiger partial charge in [-0.2, -0.15) is 10.2 Å². The largest absolute Gasteiger partial charge is 1.00 e. The van der Waals surface area contributed by atoms with Gasteiger partial charge in [-0.3, -0.25) is 0 Å². The van der Waals surface area contributed by atoms with Gasteiger partial charge in [-0.1, -0.05) is 23.8 Å². The van der Waals surface area contributed by atoms with Crippen LogP contribution in [-0.4, -0.2) is 34.5 Å². The number of nitrogens with two attached hydrogens (primary N) is 1. The van der Waals surface area contributed by atoms with Gasteiger partial charge in [0.25, 0.3) is 0 Å². The third kappa shape index (κ3) is 8.38. The van der Waals surface area contributed by atoms with E-state index in [4.69, 9.17) is 5.73 Å². The van der Waals surface area contributed by atoms with Crippen LogP contribution in [0.5, 0.6) is 0 Å². The van der Waals surface area contributed by atoms with Crippen molar-refractivity contribution < 1.29 is 19.8 Å². The van der Waals surface area contributed by atoms with Gasteiger partial charge in [-0.05, 0) is 55.1 Å². The van der Waals surface area contributed by atoms with Crippen molar-refractivity contribution >= 4 is 0 Å². The number of pyridine rings is 3. The van der Waals surface area contributed by atoms with Crippen molar-refractivity contribution in [3.8, 4) is 22.9 Å². The van der Waals surface area contributed by atoms with E-state index in [-0.39, 0.29) is 19.8 Å². The molecule has 2 N–H and O–H groups in total. The number of aromatic nitrogens is 7. The molecule has 1 radical (unpaired) electrons. The summed E-state index contributed by atoms with van der Waals surface area (Å²) in [6.45, 7) is 2.60. The average molecular weight is 678 g/mol. The van der Waals surface area contributed by atoms with Gasteiger partial charge >= 0.3 is 19.8 Å². The Morgan fingerprint density at radius 3 is 1.82 bits per heavy atom. The summed E-state index contributed by atoms with van der Waals surface area (Å²) in [5.74, 6) is 1.69. The maximum atomic E-state index is 5.59. The van der Waals surface area contributed by atoms with Gasteiger partial charge in [0, 0.05) is 49.9 Å². The number of nitrogens with zero attached hydrogens (tertiary/aromatic N) is 7. The van der Waals surface area contributed by atoms with Gasteiger partial charge in [0.2, 0.25) is 0 Å². The third-order valence-corrected chi connectivity index (χ3v) is 5.07. The molecule has 0 saturated heterocycles. The number of hydrogen-bond donors (Lipinski definition) is 1. The Morgan fingerprint density at radius 2 is 1.34 bits per heavy atom. The molecule has 0 aliphatic heterocycles. The predicted molar refractivity (Wildman–Crippen MR) is 144 cm³/mol. The molecule has 6 aromatic rings. The van der Waals surface area contributed by atoms with Crippen molar-refractivity contribution in [3.05, 3.63) is 139 Å². The van der Waals surface area contributed by atoms with Crippen molar-refractivity contribution in [3.63, 3.8) is 0 Å². The number of hydrogen-bond acceptors (Lipinski definition) is 6. The molecule has 0 aliphatic carbocycles. The second-order valence-corrected chi connectivity index (χ2v) is 7.81.